The second-order valence-corrected chi connectivity index (χ2v) is 7.75. The maximum atomic E-state index is 13.3. The number of carbonyl (C=O) groups excluding carboxylic acids is 1. The summed E-state index contributed by atoms with van der Waals surface area (Å²) in [5.41, 5.74) is 6.89. The summed E-state index contributed by atoms with van der Waals surface area (Å²) >= 11 is 0. The summed E-state index contributed by atoms with van der Waals surface area (Å²) in [4.78, 5) is 15.2. The number of nitrogens with two attached hydrogens (primary N) is 1. The minimum atomic E-state index is -0.801. The number of fused-ring (bicyclic) bond motifs is 1. The van der Waals surface area contributed by atoms with Crippen molar-refractivity contribution in [3.05, 3.63) is 35.9 Å². The predicted octanol–water partition coefficient (Wildman–Crippen LogP) is 2.61. The van der Waals surface area contributed by atoms with E-state index < -0.39 is 5.54 Å². The van der Waals surface area contributed by atoms with Crippen LogP contribution in [0.3, 0.4) is 0 Å². The van der Waals surface area contributed by atoms with E-state index in [1.54, 1.807) is 0 Å². The molecule has 0 spiro atoms. The molecule has 3 unspecified atom stereocenters. The van der Waals surface area contributed by atoms with Crippen LogP contribution < -0.4 is 5.73 Å². The molecule has 0 bridgehead atoms. The molecule has 0 aromatic heterocycles. The molecule has 1 aromatic rings. The average molecular weight is 330 g/mol. The van der Waals surface area contributed by atoms with Crippen molar-refractivity contribution in [2.24, 2.45) is 17.1 Å². The first-order valence-corrected chi connectivity index (χ1v) is 9.16. The van der Waals surface area contributed by atoms with Crippen molar-refractivity contribution < 1.29 is 9.53 Å². The zero-order chi connectivity index (χ0) is 17.4. The minimum absolute atomic E-state index is 0.0951. The van der Waals surface area contributed by atoms with Crippen LogP contribution in [0.2, 0.25) is 0 Å². The largest absolute Gasteiger partial charge is 0.377 e. The van der Waals surface area contributed by atoms with Gasteiger partial charge in [0.1, 0.15) is 5.54 Å². The molecule has 1 heterocycles. The molecule has 1 aromatic carbocycles. The molecular weight excluding hydrogens is 300 g/mol. The predicted molar refractivity (Wildman–Crippen MR) is 95.6 cm³/mol. The lowest BCUT2D eigenvalue weighted by atomic mass is 9.46. The number of likely N-dealkylation sites (N-methyl/N-ethyl adjacent to an activating group) is 1. The molecule has 3 atom stereocenters. The SMILES string of the molecule is CCN(CCc1ccccc1)C(=O)C1(N)C2CCCOC2C1(C)C. The van der Waals surface area contributed by atoms with E-state index in [9.17, 15) is 4.79 Å². The molecule has 0 radical (unpaired) electrons. The van der Waals surface area contributed by atoms with Gasteiger partial charge in [0.2, 0.25) is 5.91 Å². The number of rotatable bonds is 5. The Morgan fingerprint density at radius 2 is 2.04 bits per heavy atom. The molecule has 1 aliphatic carbocycles. The molecule has 132 valence electrons. The van der Waals surface area contributed by atoms with E-state index in [0.717, 1.165) is 25.9 Å². The quantitative estimate of drug-likeness (QED) is 0.903. The van der Waals surface area contributed by atoms with E-state index in [2.05, 4.69) is 26.0 Å². The summed E-state index contributed by atoms with van der Waals surface area (Å²) in [6.07, 6.45) is 2.97. The third-order valence-corrected chi connectivity index (χ3v) is 6.22. The summed E-state index contributed by atoms with van der Waals surface area (Å²) in [7, 11) is 0. The van der Waals surface area contributed by atoms with Crippen LogP contribution in [0.15, 0.2) is 30.3 Å². The Labute approximate surface area is 145 Å². The molecule has 2 aliphatic rings. The molecule has 4 nitrogen and oxygen atoms in total. The fourth-order valence-corrected chi connectivity index (χ4v) is 4.58. The minimum Gasteiger partial charge on any atom is -0.377 e. The van der Waals surface area contributed by atoms with Crippen LogP contribution in [0, 0.1) is 11.3 Å². The van der Waals surface area contributed by atoms with E-state index in [0.29, 0.717) is 13.1 Å². The number of hydrogen-bond acceptors (Lipinski definition) is 3. The van der Waals surface area contributed by atoms with E-state index in [1.807, 2.05) is 30.0 Å². The number of hydrogen-bond donors (Lipinski definition) is 1. The molecular formula is C20H30N2O2. The number of ether oxygens (including phenoxy) is 1. The Kier molecular flexibility index (Phi) is 4.71. The molecule has 24 heavy (non-hydrogen) atoms. The molecule has 2 N–H and O–H groups in total. The highest BCUT2D eigenvalue weighted by molar-refractivity contribution is 5.89. The smallest absolute Gasteiger partial charge is 0.243 e. The fraction of sp³-hybridized carbons (Fsp3) is 0.650. The Hall–Kier alpha value is -1.39. The van der Waals surface area contributed by atoms with Crippen LogP contribution in [-0.2, 0) is 16.0 Å². The van der Waals surface area contributed by atoms with E-state index in [-0.39, 0.29) is 23.3 Å². The van der Waals surface area contributed by atoms with Crippen molar-refractivity contribution in [2.75, 3.05) is 19.7 Å². The van der Waals surface area contributed by atoms with Gasteiger partial charge < -0.3 is 15.4 Å². The summed E-state index contributed by atoms with van der Waals surface area (Å²) in [6.45, 7) is 8.41. The van der Waals surface area contributed by atoms with Gasteiger partial charge in [0.15, 0.2) is 0 Å². The van der Waals surface area contributed by atoms with Gasteiger partial charge in [-0.25, -0.2) is 0 Å². The highest BCUT2D eigenvalue weighted by Crippen LogP contribution is 2.57. The maximum absolute atomic E-state index is 13.3. The Morgan fingerprint density at radius 3 is 2.71 bits per heavy atom. The lowest BCUT2D eigenvalue weighted by Gasteiger charge is -2.65. The van der Waals surface area contributed by atoms with E-state index in [1.165, 1.54) is 5.56 Å². The number of carbonyl (C=O) groups is 1. The molecule has 4 heteroatoms. The van der Waals surface area contributed by atoms with Gasteiger partial charge in [0.05, 0.1) is 6.10 Å². The van der Waals surface area contributed by atoms with Gasteiger partial charge in [0.25, 0.3) is 0 Å². The van der Waals surface area contributed by atoms with Crippen LogP contribution >= 0.6 is 0 Å². The van der Waals surface area contributed by atoms with E-state index >= 15 is 0 Å². The van der Waals surface area contributed by atoms with Crippen molar-refractivity contribution in [3.8, 4) is 0 Å². The fourth-order valence-electron chi connectivity index (χ4n) is 4.58. The first-order chi connectivity index (χ1) is 11.4. The maximum Gasteiger partial charge on any atom is 0.243 e. The van der Waals surface area contributed by atoms with Crippen LogP contribution in [0.1, 0.15) is 39.2 Å². The third-order valence-electron chi connectivity index (χ3n) is 6.22. The zero-order valence-corrected chi connectivity index (χ0v) is 15.1. The monoisotopic (exact) mass is 330 g/mol. The summed E-state index contributed by atoms with van der Waals surface area (Å²) in [5, 5.41) is 0. The second kappa shape index (κ2) is 6.49. The first kappa shape index (κ1) is 17.4. The van der Waals surface area contributed by atoms with Gasteiger partial charge in [-0.1, -0.05) is 44.2 Å². The second-order valence-electron chi connectivity index (χ2n) is 7.75. The molecule has 1 saturated heterocycles. The summed E-state index contributed by atoms with van der Waals surface area (Å²) in [5.74, 6) is 0.247. The average Bonchev–Trinajstić information content (AvgIpc) is 2.62. The normalized spacial score (nSPS) is 31.0. The number of benzene rings is 1. The van der Waals surface area contributed by atoms with Crippen LogP contribution in [0.25, 0.3) is 0 Å². The molecule has 3 rings (SSSR count). The topological polar surface area (TPSA) is 55.6 Å². The van der Waals surface area contributed by atoms with Crippen LogP contribution in [-0.4, -0.2) is 42.1 Å². The van der Waals surface area contributed by atoms with Gasteiger partial charge in [-0.2, -0.15) is 0 Å². The lowest BCUT2D eigenvalue weighted by molar-refractivity contribution is -0.230. The zero-order valence-electron chi connectivity index (χ0n) is 15.1. The Morgan fingerprint density at radius 1 is 1.33 bits per heavy atom. The van der Waals surface area contributed by atoms with Crippen molar-refractivity contribution in [1.82, 2.24) is 4.90 Å². The highest BCUT2D eigenvalue weighted by atomic mass is 16.5. The molecule has 2 fully saturated rings. The van der Waals surface area contributed by atoms with Gasteiger partial charge in [-0.05, 0) is 31.7 Å². The Bertz CT molecular complexity index is 587. The molecule has 1 aliphatic heterocycles. The van der Waals surface area contributed by atoms with Crippen molar-refractivity contribution in [3.63, 3.8) is 0 Å². The van der Waals surface area contributed by atoms with Crippen molar-refractivity contribution in [1.29, 1.82) is 0 Å². The van der Waals surface area contributed by atoms with E-state index in [4.69, 9.17) is 10.5 Å². The van der Waals surface area contributed by atoms with Gasteiger partial charge in [0, 0.05) is 31.0 Å². The summed E-state index contributed by atoms with van der Waals surface area (Å²) < 4.78 is 5.93. The molecule has 1 amide bonds. The Balaban J connectivity index is 1.73. The third kappa shape index (κ3) is 2.56. The number of amides is 1. The van der Waals surface area contributed by atoms with Crippen molar-refractivity contribution >= 4 is 5.91 Å². The lowest BCUT2D eigenvalue weighted by Crippen LogP contribution is -2.82. The standard InChI is InChI=1S/C20H30N2O2/c1-4-22(13-12-15-9-6-5-7-10-15)18(23)20(21)16-11-8-14-24-17(16)19(20,2)3/h5-7,9-10,16-17H,4,8,11-14,21H2,1-3H3. The van der Waals surface area contributed by atoms with Crippen LogP contribution in [0.5, 0.6) is 0 Å². The summed E-state index contributed by atoms with van der Waals surface area (Å²) in [6, 6.07) is 10.3. The van der Waals surface area contributed by atoms with Gasteiger partial charge in [-0.15, -0.1) is 0 Å². The number of nitrogens with zero attached hydrogens (tertiary/aromatic N) is 1. The highest BCUT2D eigenvalue weighted by Gasteiger charge is 2.70. The van der Waals surface area contributed by atoms with Crippen molar-refractivity contribution in [2.45, 2.75) is 51.7 Å². The first-order valence-electron chi connectivity index (χ1n) is 9.16. The van der Waals surface area contributed by atoms with Gasteiger partial charge >= 0.3 is 0 Å². The van der Waals surface area contributed by atoms with Gasteiger partial charge in [-0.3, -0.25) is 4.79 Å². The molecule has 1 saturated carbocycles. The van der Waals surface area contributed by atoms with Crippen LogP contribution in [0.4, 0.5) is 0 Å².